The Morgan fingerprint density at radius 3 is 1.64 bits per heavy atom. The molecule has 1 aliphatic rings. The second kappa shape index (κ2) is 18.4. The molecule has 0 spiro atoms. The number of carbonyl (C=O) groups excluding carboxylic acids is 1. The van der Waals surface area contributed by atoms with E-state index in [0.717, 1.165) is 61.8 Å². The molecule has 45 heavy (non-hydrogen) atoms. The molecule has 3 N–H and O–H groups in total. The van der Waals surface area contributed by atoms with E-state index in [0.29, 0.717) is 9.75 Å². The van der Waals surface area contributed by atoms with Crippen LogP contribution in [0.1, 0.15) is 38.4 Å². The van der Waals surface area contributed by atoms with Crippen molar-refractivity contribution in [2.75, 3.05) is 20.4 Å². The number of benzene rings is 3. The third-order valence-corrected chi connectivity index (χ3v) is 10.5. The summed E-state index contributed by atoms with van der Waals surface area (Å²) in [5, 5.41) is 20.6. The standard InChI is InChI=1S/C9H6BrNOS.C9H4BrNS.C9H5BrO2S.C4H8O.CH3F/c10-6-2-1-5-3-8(9(11)12)13-7(5)4-6;10-7-2-1-6-3-8(5-11)12-9(6)4-7;10-6-2-1-5-3-8(9(11)12)13-7(5)4-6;1-2-4-5-3-1;1-2/h1-4H,(H2,11,12);1-4H;1-4H,(H,11,12);1-4H2;1H3/i;;;;1D. The van der Waals surface area contributed by atoms with E-state index in [1.165, 1.54) is 46.9 Å². The van der Waals surface area contributed by atoms with Gasteiger partial charge in [0.15, 0.2) is 0 Å². The summed E-state index contributed by atoms with van der Waals surface area (Å²) < 4.78 is 26.7. The molecule has 0 radical (unpaired) electrons. The Morgan fingerprint density at radius 2 is 1.24 bits per heavy atom. The lowest BCUT2D eigenvalue weighted by Crippen LogP contribution is -2.07. The number of hydrogen-bond donors (Lipinski definition) is 2. The first-order chi connectivity index (χ1) is 22.0. The lowest BCUT2D eigenvalue weighted by molar-refractivity contribution is 0.0702. The molecule has 1 amide bonds. The van der Waals surface area contributed by atoms with Crippen molar-refractivity contribution >= 4 is 124 Å². The van der Waals surface area contributed by atoms with Gasteiger partial charge in [-0.05, 0) is 83.6 Å². The number of nitriles is 1. The molecule has 0 aliphatic carbocycles. The van der Waals surface area contributed by atoms with Crippen LogP contribution in [0.2, 0.25) is 0 Å². The first-order valence-electron chi connectivity index (χ1n) is 13.7. The zero-order chi connectivity index (χ0) is 33.6. The van der Waals surface area contributed by atoms with Gasteiger partial charge < -0.3 is 15.6 Å². The van der Waals surface area contributed by atoms with Crippen molar-refractivity contribution in [3.05, 3.63) is 101 Å². The van der Waals surface area contributed by atoms with Crippen LogP contribution in [0.5, 0.6) is 0 Å². The van der Waals surface area contributed by atoms with Gasteiger partial charge in [-0.1, -0.05) is 66.0 Å². The molecule has 0 unspecified atom stereocenters. The number of amides is 1. The Kier molecular flexibility index (Phi) is 14.4. The van der Waals surface area contributed by atoms with E-state index < -0.39 is 13.1 Å². The average Bonchev–Trinajstić information content (AvgIpc) is 3.84. The summed E-state index contributed by atoms with van der Waals surface area (Å²) in [5.74, 6) is -1.23. The SMILES string of the molecule is C1CCOC1.N#Cc1cc2ccc(Br)cc2s1.NC(=O)c1cc2ccc(Br)cc2s1.O=C(O)c1cc2ccc(Br)cc2s1.[2H]CF. The van der Waals surface area contributed by atoms with Gasteiger partial charge in [0, 0.05) is 40.7 Å². The number of nitrogens with zero attached hydrogens (tertiary/aromatic N) is 1. The van der Waals surface area contributed by atoms with Gasteiger partial charge in [-0.2, -0.15) is 5.26 Å². The van der Waals surface area contributed by atoms with Crippen LogP contribution in [0.4, 0.5) is 4.39 Å². The number of carboxylic acid groups (broad SMARTS) is 1. The highest BCUT2D eigenvalue weighted by Gasteiger charge is 2.08. The van der Waals surface area contributed by atoms with Gasteiger partial charge in [-0.15, -0.1) is 34.0 Å². The number of alkyl halides is 1. The van der Waals surface area contributed by atoms with Crippen LogP contribution >= 0.6 is 81.8 Å². The maximum absolute atomic E-state index is 10.9. The molecule has 3 aromatic heterocycles. The maximum atomic E-state index is 10.9. The molecule has 0 atom stereocenters. The van der Waals surface area contributed by atoms with E-state index >= 15 is 0 Å². The molecule has 6 nitrogen and oxygen atoms in total. The Morgan fingerprint density at radius 1 is 0.822 bits per heavy atom. The number of carbonyl (C=O) groups is 2. The normalized spacial score (nSPS) is 11.8. The number of hydrogen-bond acceptors (Lipinski definition) is 7. The Balaban J connectivity index is 0.000000168. The van der Waals surface area contributed by atoms with E-state index in [1.807, 2.05) is 66.7 Å². The average molecular weight is 858 g/mol. The summed E-state index contributed by atoms with van der Waals surface area (Å²) in [4.78, 5) is 23.3. The van der Waals surface area contributed by atoms with Crippen molar-refractivity contribution < 1.29 is 25.2 Å². The molecule has 13 heteroatoms. The molecule has 1 fully saturated rings. The zero-order valence-electron chi connectivity index (χ0n) is 24.4. The number of halogens is 4. The Bertz CT molecular complexity index is 1870. The van der Waals surface area contributed by atoms with Crippen LogP contribution in [-0.2, 0) is 4.74 Å². The van der Waals surface area contributed by atoms with Crippen molar-refractivity contribution in [3.8, 4) is 6.07 Å². The predicted molar refractivity (Wildman–Crippen MR) is 196 cm³/mol. The number of aromatic carboxylic acids is 1. The summed E-state index contributed by atoms with van der Waals surface area (Å²) in [7, 11) is -1.00. The summed E-state index contributed by atoms with van der Waals surface area (Å²) in [6, 6.07) is 25.2. The van der Waals surface area contributed by atoms with Crippen LogP contribution in [0, 0.1) is 11.3 Å². The molecule has 7 rings (SSSR count). The molecule has 0 bridgehead atoms. The second-order valence-corrected chi connectivity index (χ2v) is 15.0. The third-order valence-electron chi connectivity index (χ3n) is 5.84. The molecule has 0 saturated carbocycles. The lowest BCUT2D eigenvalue weighted by Gasteiger charge is -1.88. The minimum Gasteiger partial charge on any atom is -0.477 e. The first-order valence-corrected chi connectivity index (χ1v) is 17.8. The molecule has 1 aliphatic heterocycles. The van der Waals surface area contributed by atoms with E-state index in [2.05, 4.69) is 53.9 Å². The number of rotatable bonds is 2. The van der Waals surface area contributed by atoms with Gasteiger partial charge in [0.2, 0.25) is 0 Å². The number of primary amides is 1. The number of carboxylic acids is 1. The highest BCUT2D eigenvalue weighted by molar-refractivity contribution is 9.11. The topological polar surface area (TPSA) is 113 Å². The maximum Gasteiger partial charge on any atom is 0.345 e. The van der Waals surface area contributed by atoms with E-state index in [9.17, 15) is 14.0 Å². The smallest absolute Gasteiger partial charge is 0.345 e. The van der Waals surface area contributed by atoms with Crippen molar-refractivity contribution in [1.82, 2.24) is 0 Å². The van der Waals surface area contributed by atoms with Gasteiger partial charge in [0.25, 0.3) is 5.91 Å². The second-order valence-electron chi connectivity index (χ2n) is 8.98. The first kappa shape index (κ1) is 35.2. The largest absolute Gasteiger partial charge is 0.477 e. The Hall–Kier alpha value is -2.70. The summed E-state index contributed by atoms with van der Waals surface area (Å²) >= 11 is 14.3. The quantitative estimate of drug-likeness (QED) is 0.180. The summed E-state index contributed by atoms with van der Waals surface area (Å²) in [6.45, 7) is 2.00. The van der Waals surface area contributed by atoms with Crippen molar-refractivity contribution in [2.24, 2.45) is 5.73 Å². The zero-order valence-corrected chi connectivity index (χ0v) is 30.6. The van der Waals surface area contributed by atoms with Crippen molar-refractivity contribution in [3.63, 3.8) is 0 Å². The minimum absolute atomic E-state index is 0.364. The van der Waals surface area contributed by atoms with Gasteiger partial charge in [-0.3, -0.25) is 9.18 Å². The van der Waals surface area contributed by atoms with Crippen LogP contribution in [0.3, 0.4) is 0 Å². The van der Waals surface area contributed by atoms with Gasteiger partial charge in [0.05, 0.1) is 13.4 Å². The highest BCUT2D eigenvalue weighted by atomic mass is 79.9. The predicted octanol–water partition coefficient (Wildman–Crippen LogP) is 11.0. The molecule has 6 aromatic rings. The van der Waals surface area contributed by atoms with Crippen molar-refractivity contribution in [1.29, 1.82) is 5.26 Å². The summed E-state index contributed by atoms with van der Waals surface area (Å²) in [5.41, 5.74) is 5.18. The molecule has 4 heterocycles. The minimum atomic E-state index is -1.00. The Labute approximate surface area is 298 Å². The molecule has 1 saturated heterocycles. The van der Waals surface area contributed by atoms with Gasteiger partial charge >= 0.3 is 5.97 Å². The fourth-order valence-electron chi connectivity index (χ4n) is 3.81. The van der Waals surface area contributed by atoms with Crippen molar-refractivity contribution in [2.45, 2.75) is 12.8 Å². The highest BCUT2D eigenvalue weighted by Crippen LogP contribution is 2.30. The third kappa shape index (κ3) is 11.2. The van der Waals surface area contributed by atoms with E-state index in [1.54, 1.807) is 6.07 Å². The molecular formula is C32H26Br3FN2O4S3. The molecule has 234 valence electrons. The number of ether oxygens (including phenoxy) is 1. The summed E-state index contributed by atoms with van der Waals surface area (Å²) in [6.07, 6.45) is 2.56. The lowest BCUT2D eigenvalue weighted by atomic mass is 10.2. The van der Waals surface area contributed by atoms with E-state index in [-0.39, 0.29) is 5.91 Å². The monoisotopic (exact) mass is 855 g/mol. The fraction of sp³-hybridized carbons (Fsp3) is 0.156. The fourth-order valence-corrected chi connectivity index (χ4v) is 8.14. The van der Waals surface area contributed by atoms with Crippen LogP contribution in [0.15, 0.2) is 86.2 Å². The number of fused-ring (bicyclic) bond motifs is 3. The van der Waals surface area contributed by atoms with E-state index in [4.69, 9.17) is 22.2 Å². The molecule has 3 aromatic carbocycles. The van der Waals surface area contributed by atoms with Gasteiger partial charge in [-0.25, -0.2) is 4.79 Å². The molecular weight excluding hydrogens is 831 g/mol. The van der Waals surface area contributed by atoms with Crippen LogP contribution in [-0.4, -0.2) is 37.4 Å². The van der Waals surface area contributed by atoms with Gasteiger partial charge in [0.1, 0.15) is 15.8 Å². The van der Waals surface area contributed by atoms with Crippen LogP contribution in [0.25, 0.3) is 30.3 Å². The van der Waals surface area contributed by atoms with Crippen LogP contribution < -0.4 is 5.73 Å². The number of thiophene rings is 3. The number of nitrogens with two attached hydrogens (primary N) is 1.